The summed E-state index contributed by atoms with van der Waals surface area (Å²) in [4.78, 5) is 4.70. The molecule has 2 atom stereocenters. The lowest BCUT2D eigenvalue weighted by molar-refractivity contribution is 0.486. The lowest BCUT2D eigenvalue weighted by Crippen LogP contribution is -2.23. The SMILES string of the molecule is CSNc1ccc(C(C)NC(C)c2ccccc2)nc1C. The molecule has 0 aliphatic heterocycles. The molecule has 0 fully saturated rings. The first-order valence-corrected chi connectivity index (χ1v) is 8.42. The van der Waals surface area contributed by atoms with Crippen LogP contribution in [0.5, 0.6) is 0 Å². The van der Waals surface area contributed by atoms with Crippen LogP contribution >= 0.6 is 11.9 Å². The minimum Gasteiger partial charge on any atom is -0.328 e. The Bertz CT molecular complexity index is 572. The van der Waals surface area contributed by atoms with Crippen LogP contribution in [0.3, 0.4) is 0 Å². The summed E-state index contributed by atoms with van der Waals surface area (Å²) >= 11 is 1.59. The van der Waals surface area contributed by atoms with Crippen LogP contribution in [0.4, 0.5) is 5.69 Å². The molecule has 1 aromatic carbocycles. The van der Waals surface area contributed by atoms with Gasteiger partial charge in [-0.25, -0.2) is 0 Å². The molecule has 2 unspecified atom stereocenters. The summed E-state index contributed by atoms with van der Waals surface area (Å²) in [6, 6.07) is 15.2. The maximum absolute atomic E-state index is 4.70. The second kappa shape index (κ2) is 7.48. The normalized spacial score (nSPS) is 13.7. The molecule has 0 amide bonds. The molecule has 0 aliphatic rings. The first-order chi connectivity index (χ1) is 10.1. The molecule has 3 nitrogen and oxygen atoms in total. The van der Waals surface area contributed by atoms with Gasteiger partial charge in [-0.3, -0.25) is 4.98 Å². The summed E-state index contributed by atoms with van der Waals surface area (Å²) < 4.78 is 3.24. The van der Waals surface area contributed by atoms with Gasteiger partial charge in [0.15, 0.2) is 0 Å². The van der Waals surface area contributed by atoms with E-state index in [-0.39, 0.29) is 6.04 Å². The zero-order valence-corrected chi connectivity index (χ0v) is 13.9. The van der Waals surface area contributed by atoms with Crippen LogP contribution in [0.1, 0.15) is 42.9 Å². The van der Waals surface area contributed by atoms with Crippen LogP contribution in [0.15, 0.2) is 42.5 Å². The molecule has 2 N–H and O–H groups in total. The van der Waals surface area contributed by atoms with Crippen molar-refractivity contribution in [2.75, 3.05) is 11.0 Å². The van der Waals surface area contributed by atoms with Gasteiger partial charge in [0, 0.05) is 18.3 Å². The Morgan fingerprint density at radius 3 is 2.33 bits per heavy atom. The smallest absolute Gasteiger partial charge is 0.0655 e. The number of pyridine rings is 1. The van der Waals surface area contributed by atoms with E-state index in [1.54, 1.807) is 11.9 Å². The van der Waals surface area contributed by atoms with Gasteiger partial charge < -0.3 is 10.0 Å². The Labute approximate surface area is 131 Å². The van der Waals surface area contributed by atoms with E-state index in [0.29, 0.717) is 6.04 Å². The van der Waals surface area contributed by atoms with E-state index in [0.717, 1.165) is 17.1 Å². The first kappa shape index (κ1) is 15.9. The van der Waals surface area contributed by atoms with Crippen molar-refractivity contribution in [2.45, 2.75) is 32.9 Å². The average molecular weight is 301 g/mol. The van der Waals surface area contributed by atoms with Gasteiger partial charge in [0.2, 0.25) is 0 Å². The molecule has 2 rings (SSSR count). The molecule has 0 saturated heterocycles. The lowest BCUT2D eigenvalue weighted by atomic mass is 10.1. The van der Waals surface area contributed by atoms with Crippen LogP contribution in [-0.2, 0) is 0 Å². The standard InChI is InChI=1S/C17H23N3S/c1-12(15-8-6-5-7-9-15)18-13(2)16-10-11-17(20-21-4)14(3)19-16/h5-13,18,20H,1-4H3. The number of aromatic nitrogens is 1. The molecule has 0 bridgehead atoms. The minimum absolute atomic E-state index is 0.210. The van der Waals surface area contributed by atoms with Gasteiger partial charge in [0.1, 0.15) is 0 Å². The van der Waals surface area contributed by atoms with E-state index < -0.39 is 0 Å². The highest BCUT2D eigenvalue weighted by Crippen LogP contribution is 2.21. The van der Waals surface area contributed by atoms with E-state index in [4.69, 9.17) is 4.98 Å². The van der Waals surface area contributed by atoms with Crippen LogP contribution < -0.4 is 10.0 Å². The van der Waals surface area contributed by atoms with Crippen LogP contribution in [-0.4, -0.2) is 11.2 Å². The largest absolute Gasteiger partial charge is 0.328 e. The van der Waals surface area contributed by atoms with Crippen molar-refractivity contribution in [3.05, 3.63) is 59.4 Å². The van der Waals surface area contributed by atoms with Crippen molar-refractivity contribution in [3.63, 3.8) is 0 Å². The molecule has 0 radical (unpaired) electrons. The van der Waals surface area contributed by atoms with E-state index in [9.17, 15) is 0 Å². The Balaban J connectivity index is 2.06. The average Bonchev–Trinajstić information content (AvgIpc) is 2.50. The Kier molecular flexibility index (Phi) is 5.65. The zero-order valence-electron chi connectivity index (χ0n) is 13.1. The van der Waals surface area contributed by atoms with E-state index >= 15 is 0 Å². The predicted molar refractivity (Wildman–Crippen MR) is 92.5 cm³/mol. The molecule has 1 aromatic heterocycles. The summed E-state index contributed by atoms with van der Waals surface area (Å²) in [6.45, 7) is 6.38. The number of hydrogen-bond acceptors (Lipinski definition) is 4. The molecule has 21 heavy (non-hydrogen) atoms. The Morgan fingerprint density at radius 1 is 1.00 bits per heavy atom. The third kappa shape index (κ3) is 4.22. The van der Waals surface area contributed by atoms with E-state index in [1.165, 1.54) is 5.56 Å². The zero-order chi connectivity index (χ0) is 15.2. The molecule has 0 saturated carbocycles. The number of benzene rings is 1. The van der Waals surface area contributed by atoms with Crippen LogP contribution in [0, 0.1) is 6.92 Å². The predicted octanol–water partition coefficient (Wildman–Crippen LogP) is 4.49. The fraction of sp³-hybridized carbons (Fsp3) is 0.353. The summed E-state index contributed by atoms with van der Waals surface area (Å²) in [5.74, 6) is 0. The summed E-state index contributed by atoms with van der Waals surface area (Å²) in [6.07, 6.45) is 2.01. The number of aryl methyl sites for hydroxylation is 1. The molecule has 4 heteroatoms. The van der Waals surface area contributed by atoms with Crippen molar-refractivity contribution >= 4 is 17.6 Å². The first-order valence-electron chi connectivity index (χ1n) is 7.19. The van der Waals surface area contributed by atoms with Gasteiger partial charge in [-0.05, 0) is 38.5 Å². The number of hydrogen-bond donors (Lipinski definition) is 2. The fourth-order valence-electron chi connectivity index (χ4n) is 2.34. The van der Waals surface area contributed by atoms with Gasteiger partial charge in [-0.2, -0.15) is 0 Å². The second-order valence-corrected chi connectivity index (χ2v) is 5.81. The molecule has 0 aliphatic carbocycles. The summed E-state index contributed by atoms with van der Waals surface area (Å²) in [7, 11) is 0. The summed E-state index contributed by atoms with van der Waals surface area (Å²) in [5.41, 5.74) is 4.47. The van der Waals surface area contributed by atoms with Gasteiger partial charge in [-0.15, -0.1) is 0 Å². The Hall–Kier alpha value is -1.52. The lowest BCUT2D eigenvalue weighted by Gasteiger charge is -2.21. The molecule has 1 heterocycles. The maximum atomic E-state index is 4.70. The second-order valence-electron chi connectivity index (χ2n) is 5.20. The third-order valence-corrected chi connectivity index (χ3v) is 3.99. The van der Waals surface area contributed by atoms with Crippen molar-refractivity contribution in [3.8, 4) is 0 Å². The van der Waals surface area contributed by atoms with Gasteiger partial charge >= 0.3 is 0 Å². The highest BCUT2D eigenvalue weighted by molar-refractivity contribution is 7.99. The molecular formula is C17H23N3S. The van der Waals surface area contributed by atoms with Crippen molar-refractivity contribution < 1.29 is 0 Å². The molecule has 112 valence electrons. The number of rotatable bonds is 6. The van der Waals surface area contributed by atoms with Gasteiger partial charge in [-0.1, -0.05) is 42.3 Å². The van der Waals surface area contributed by atoms with Crippen molar-refractivity contribution in [1.29, 1.82) is 0 Å². The van der Waals surface area contributed by atoms with Gasteiger partial charge in [0.25, 0.3) is 0 Å². The highest BCUT2D eigenvalue weighted by Gasteiger charge is 2.13. The number of anilines is 1. The quantitative estimate of drug-likeness (QED) is 0.771. The minimum atomic E-state index is 0.210. The van der Waals surface area contributed by atoms with Crippen molar-refractivity contribution in [1.82, 2.24) is 10.3 Å². The summed E-state index contributed by atoms with van der Waals surface area (Å²) in [5, 5.41) is 3.60. The maximum Gasteiger partial charge on any atom is 0.0655 e. The van der Waals surface area contributed by atoms with E-state index in [2.05, 4.69) is 60.3 Å². The monoisotopic (exact) mass is 301 g/mol. The Morgan fingerprint density at radius 2 is 1.71 bits per heavy atom. The third-order valence-electron chi connectivity index (χ3n) is 3.56. The van der Waals surface area contributed by atoms with Crippen LogP contribution in [0.2, 0.25) is 0 Å². The van der Waals surface area contributed by atoms with Crippen molar-refractivity contribution in [2.24, 2.45) is 0 Å². The number of nitrogens with one attached hydrogen (secondary N) is 2. The highest BCUT2D eigenvalue weighted by atomic mass is 32.2. The topological polar surface area (TPSA) is 37.0 Å². The fourth-order valence-corrected chi connectivity index (χ4v) is 2.77. The van der Waals surface area contributed by atoms with E-state index in [1.807, 2.05) is 19.2 Å². The molecular weight excluding hydrogens is 278 g/mol. The number of nitrogens with zero attached hydrogens (tertiary/aromatic N) is 1. The molecule has 0 spiro atoms. The molecule has 2 aromatic rings. The van der Waals surface area contributed by atoms with Crippen LogP contribution in [0.25, 0.3) is 0 Å². The van der Waals surface area contributed by atoms with Gasteiger partial charge in [0.05, 0.1) is 17.1 Å².